The first kappa shape index (κ1) is 13.6. The van der Waals surface area contributed by atoms with Crippen LogP contribution < -0.4 is 5.73 Å². The minimum Gasteiger partial charge on any atom is -0.324 e. The van der Waals surface area contributed by atoms with Crippen molar-refractivity contribution in [3.05, 3.63) is 35.2 Å². The predicted molar refractivity (Wildman–Crippen MR) is 68.3 cm³/mol. The first-order valence-corrected chi connectivity index (χ1v) is 6.16. The Morgan fingerprint density at radius 3 is 2.58 bits per heavy atom. The molecule has 2 aromatic rings. The Morgan fingerprint density at radius 2 is 1.95 bits per heavy atom. The third-order valence-electron chi connectivity index (χ3n) is 2.95. The van der Waals surface area contributed by atoms with Crippen LogP contribution in [0.2, 0.25) is 0 Å². The van der Waals surface area contributed by atoms with E-state index in [4.69, 9.17) is 5.73 Å². The van der Waals surface area contributed by atoms with Crippen molar-refractivity contribution in [2.75, 3.05) is 0 Å². The normalized spacial score (nSPS) is 11.0. The van der Waals surface area contributed by atoms with Crippen LogP contribution in [0.5, 0.6) is 0 Å². The summed E-state index contributed by atoms with van der Waals surface area (Å²) in [5, 5.41) is 7.93. The van der Waals surface area contributed by atoms with Gasteiger partial charge in [0.05, 0.1) is 12.1 Å². The molecule has 0 atom stereocenters. The van der Waals surface area contributed by atoms with Crippen LogP contribution in [0.25, 0.3) is 11.4 Å². The molecule has 0 unspecified atom stereocenters. The first-order chi connectivity index (χ1) is 9.08. The van der Waals surface area contributed by atoms with Gasteiger partial charge in [-0.2, -0.15) is 0 Å². The van der Waals surface area contributed by atoms with Crippen LogP contribution in [0.15, 0.2) is 12.1 Å². The lowest BCUT2D eigenvalue weighted by Crippen LogP contribution is -2.10. The van der Waals surface area contributed by atoms with Gasteiger partial charge in [-0.1, -0.05) is 6.92 Å². The summed E-state index contributed by atoms with van der Waals surface area (Å²) in [4.78, 5) is 0. The van der Waals surface area contributed by atoms with E-state index in [1.165, 1.54) is 6.07 Å². The van der Waals surface area contributed by atoms with Gasteiger partial charge in [0.2, 0.25) is 0 Å². The van der Waals surface area contributed by atoms with Gasteiger partial charge in [0.15, 0.2) is 5.82 Å². The second kappa shape index (κ2) is 5.44. The van der Waals surface area contributed by atoms with Gasteiger partial charge in [-0.05, 0) is 25.0 Å². The van der Waals surface area contributed by atoms with Gasteiger partial charge in [-0.3, -0.25) is 0 Å². The van der Waals surface area contributed by atoms with Crippen LogP contribution in [-0.4, -0.2) is 14.8 Å². The van der Waals surface area contributed by atoms with E-state index in [9.17, 15) is 8.78 Å². The summed E-state index contributed by atoms with van der Waals surface area (Å²) in [5.74, 6) is -0.223. The highest BCUT2D eigenvalue weighted by molar-refractivity contribution is 5.57. The second-order valence-corrected chi connectivity index (χ2v) is 4.38. The number of nitrogens with two attached hydrogens (primary N) is 1. The molecule has 0 saturated carbocycles. The first-order valence-electron chi connectivity index (χ1n) is 6.16. The largest absolute Gasteiger partial charge is 0.324 e. The fourth-order valence-corrected chi connectivity index (χ4v) is 1.97. The van der Waals surface area contributed by atoms with Crippen LogP contribution >= 0.6 is 0 Å². The smallest absolute Gasteiger partial charge is 0.166 e. The van der Waals surface area contributed by atoms with Gasteiger partial charge in [0.25, 0.3) is 0 Å². The van der Waals surface area contributed by atoms with E-state index in [1.54, 1.807) is 11.5 Å². The fourth-order valence-electron chi connectivity index (χ4n) is 1.97. The second-order valence-electron chi connectivity index (χ2n) is 4.38. The molecule has 0 bridgehead atoms. The Balaban J connectivity index is 2.58. The summed E-state index contributed by atoms with van der Waals surface area (Å²) < 4.78 is 29.0. The number of halogens is 2. The molecule has 0 aliphatic heterocycles. The van der Waals surface area contributed by atoms with E-state index in [-0.39, 0.29) is 12.1 Å². The highest BCUT2D eigenvalue weighted by Crippen LogP contribution is 2.25. The Kier molecular flexibility index (Phi) is 3.90. The van der Waals surface area contributed by atoms with Gasteiger partial charge >= 0.3 is 0 Å². The number of rotatable bonds is 4. The summed E-state index contributed by atoms with van der Waals surface area (Å²) >= 11 is 0. The van der Waals surface area contributed by atoms with Crippen molar-refractivity contribution < 1.29 is 8.78 Å². The van der Waals surface area contributed by atoms with Crippen molar-refractivity contribution in [1.82, 2.24) is 14.8 Å². The predicted octanol–water partition coefficient (Wildman–Crippen LogP) is 2.40. The maximum atomic E-state index is 13.9. The lowest BCUT2D eigenvalue weighted by atomic mass is 10.1. The average molecular weight is 266 g/mol. The zero-order valence-corrected chi connectivity index (χ0v) is 11.0. The maximum absolute atomic E-state index is 13.9. The van der Waals surface area contributed by atoms with Crippen LogP contribution in [0.4, 0.5) is 8.78 Å². The quantitative estimate of drug-likeness (QED) is 0.924. The molecule has 0 amide bonds. The summed E-state index contributed by atoms with van der Waals surface area (Å²) in [6, 6.07) is 2.32. The van der Waals surface area contributed by atoms with Gasteiger partial charge in [-0.25, -0.2) is 8.78 Å². The molecule has 4 nitrogen and oxygen atoms in total. The van der Waals surface area contributed by atoms with Crippen molar-refractivity contribution in [1.29, 1.82) is 0 Å². The van der Waals surface area contributed by atoms with Crippen LogP contribution in [0.3, 0.4) is 0 Å². The molecule has 0 fully saturated rings. The number of aromatic nitrogens is 3. The lowest BCUT2D eigenvalue weighted by Gasteiger charge is -2.09. The van der Waals surface area contributed by atoms with Crippen molar-refractivity contribution in [3.8, 4) is 11.4 Å². The van der Waals surface area contributed by atoms with Crippen molar-refractivity contribution in [2.24, 2.45) is 5.73 Å². The van der Waals surface area contributed by atoms with Crippen molar-refractivity contribution >= 4 is 0 Å². The third-order valence-corrected chi connectivity index (χ3v) is 2.95. The van der Waals surface area contributed by atoms with E-state index < -0.39 is 11.6 Å². The van der Waals surface area contributed by atoms with E-state index in [1.807, 2.05) is 6.92 Å². The monoisotopic (exact) mass is 266 g/mol. The number of aryl methyl sites for hydroxylation is 1. The highest BCUT2D eigenvalue weighted by atomic mass is 19.1. The van der Waals surface area contributed by atoms with Gasteiger partial charge in [0, 0.05) is 12.6 Å². The Morgan fingerprint density at radius 1 is 1.21 bits per heavy atom. The van der Waals surface area contributed by atoms with Crippen molar-refractivity contribution in [2.45, 2.75) is 33.4 Å². The van der Waals surface area contributed by atoms with Gasteiger partial charge < -0.3 is 10.3 Å². The van der Waals surface area contributed by atoms with E-state index in [2.05, 4.69) is 10.2 Å². The molecular weight excluding hydrogens is 250 g/mol. The minimum atomic E-state index is -0.642. The summed E-state index contributed by atoms with van der Waals surface area (Å²) in [6.07, 6.45) is 0.847. The molecule has 2 rings (SSSR count). The van der Waals surface area contributed by atoms with E-state index in [0.717, 1.165) is 12.5 Å². The van der Waals surface area contributed by atoms with Crippen LogP contribution in [0.1, 0.15) is 24.7 Å². The minimum absolute atomic E-state index is 0.231. The molecule has 19 heavy (non-hydrogen) atoms. The molecule has 0 radical (unpaired) electrons. The van der Waals surface area contributed by atoms with Crippen LogP contribution in [-0.2, 0) is 13.1 Å². The molecule has 1 aromatic heterocycles. The molecule has 1 aromatic carbocycles. The molecule has 6 heteroatoms. The molecule has 0 aliphatic carbocycles. The summed E-state index contributed by atoms with van der Waals surface area (Å²) in [5.41, 5.74) is 6.21. The third kappa shape index (κ3) is 2.49. The maximum Gasteiger partial charge on any atom is 0.166 e. The molecular formula is C13H16F2N4. The Labute approximate surface area is 110 Å². The Bertz CT molecular complexity index is 593. The molecule has 0 aliphatic rings. The molecule has 0 saturated heterocycles. The summed E-state index contributed by atoms with van der Waals surface area (Å²) in [7, 11) is 0. The number of nitrogens with zero attached hydrogens (tertiary/aromatic N) is 3. The van der Waals surface area contributed by atoms with E-state index >= 15 is 0 Å². The summed E-state index contributed by atoms with van der Waals surface area (Å²) in [6.45, 7) is 4.46. The van der Waals surface area contributed by atoms with Crippen molar-refractivity contribution in [3.63, 3.8) is 0 Å². The zero-order valence-electron chi connectivity index (χ0n) is 11.0. The lowest BCUT2D eigenvalue weighted by molar-refractivity contribution is 0.576. The van der Waals surface area contributed by atoms with Gasteiger partial charge in [-0.15, -0.1) is 10.2 Å². The number of benzene rings is 1. The topological polar surface area (TPSA) is 56.7 Å². The van der Waals surface area contributed by atoms with E-state index in [0.29, 0.717) is 23.8 Å². The molecule has 1 heterocycles. The zero-order chi connectivity index (χ0) is 14.0. The number of hydrogen-bond acceptors (Lipinski definition) is 3. The Hall–Kier alpha value is -1.82. The van der Waals surface area contributed by atoms with Crippen LogP contribution in [0, 0.1) is 18.6 Å². The molecule has 2 N–H and O–H groups in total. The van der Waals surface area contributed by atoms with Gasteiger partial charge in [0.1, 0.15) is 17.5 Å². The fraction of sp³-hybridized carbons (Fsp3) is 0.385. The standard InChI is InChI=1S/C13H16F2N4/c1-3-4-19-12(7-16)17-18-13(19)9-5-8(2)10(14)6-11(9)15/h5-6H,3-4,7,16H2,1-2H3. The molecule has 102 valence electrons. The highest BCUT2D eigenvalue weighted by Gasteiger charge is 2.17. The average Bonchev–Trinajstić information content (AvgIpc) is 2.77. The SMILES string of the molecule is CCCn1c(CN)nnc1-c1cc(C)c(F)cc1F. The molecule has 0 spiro atoms. The number of hydrogen-bond donors (Lipinski definition) is 1.